The van der Waals surface area contributed by atoms with E-state index in [0.717, 1.165) is 38.5 Å². The molecule has 0 atom stereocenters. The van der Waals surface area contributed by atoms with Crippen molar-refractivity contribution in [2.24, 2.45) is 15.6 Å². The predicted molar refractivity (Wildman–Crippen MR) is 109 cm³/mol. The minimum Gasteiger partial charge on any atom is -0.356 e. The van der Waals surface area contributed by atoms with E-state index in [2.05, 4.69) is 31.8 Å². The molecule has 0 saturated heterocycles. The molecule has 2 amide bonds. The van der Waals surface area contributed by atoms with Crippen LogP contribution in [0.25, 0.3) is 0 Å². The molecule has 0 radical (unpaired) electrons. The van der Waals surface area contributed by atoms with Crippen molar-refractivity contribution in [3.63, 3.8) is 0 Å². The van der Waals surface area contributed by atoms with Crippen molar-refractivity contribution in [3.05, 3.63) is 11.6 Å². The molecule has 1 fully saturated rings. The highest BCUT2D eigenvalue weighted by molar-refractivity contribution is 7.13. The third kappa shape index (κ3) is 5.86. The van der Waals surface area contributed by atoms with Crippen LogP contribution in [-0.2, 0) is 9.59 Å². The molecule has 1 aromatic heterocycles. The van der Waals surface area contributed by atoms with Gasteiger partial charge in [0, 0.05) is 50.2 Å². The van der Waals surface area contributed by atoms with Gasteiger partial charge in [-0.15, -0.1) is 23.7 Å². The molecule has 0 bridgehead atoms. The third-order valence-corrected chi connectivity index (χ3v) is 6.25. The summed E-state index contributed by atoms with van der Waals surface area (Å²) in [7, 11) is 0. The van der Waals surface area contributed by atoms with E-state index >= 15 is 0 Å². The van der Waals surface area contributed by atoms with Crippen LogP contribution >= 0.6 is 11.3 Å². The topological polar surface area (TPSA) is 95.8 Å². The summed E-state index contributed by atoms with van der Waals surface area (Å²) in [6.45, 7) is 0.526. The summed E-state index contributed by atoms with van der Waals surface area (Å²) in [6, 6.07) is 0. The number of aromatic nitrogens is 1. The zero-order chi connectivity index (χ0) is 19.9. The van der Waals surface area contributed by atoms with Gasteiger partial charge in [-0.1, -0.05) is 19.3 Å². The number of nitrogens with zero attached hydrogens (tertiary/aromatic N) is 3. The van der Waals surface area contributed by atoms with E-state index in [0.29, 0.717) is 37.4 Å². The first-order valence-electron chi connectivity index (χ1n) is 9.88. The number of terminal acetylenes is 1. The van der Waals surface area contributed by atoms with Gasteiger partial charge in [0.1, 0.15) is 0 Å². The smallest absolute Gasteiger partial charge is 0.226 e. The van der Waals surface area contributed by atoms with Crippen molar-refractivity contribution < 1.29 is 9.59 Å². The van der Waals surface area contributed by atoms with Crippen molar-refractivity contribution in [2.45, 2.75) is 69.9 Å². The number of nitrogens with one attached hydrogen (secondary N) is 2. The van der Waals surface area contributed by atoms with Crippen LogP contribution in [0.3, 0.4) is 0 Å². The first kappa shape index (κ1) is 20.5. The van der Waals surface area contributed by atoms with Crippen molar-refractivity contribution in [1.82, 2.24) is 10.3 Å². The summed E-state index contributed by atoms with van der Waals surface area (Å²) >= 11 is 1.40. The molecule has 1 aromatic rings. The molecule has 0 unspecified atom stereocenters. The Morgan fingerprint density at radius 1 is 1.14 bits per heavy atom. The Morgan fingerprint density at radius 3 is 2.54 bits per heavy atom. The van der Waals surface area contributed by atoms with Gasteiger partial charge in [-0.25, -0.2) is 4.98 Å². The SMILES string of the molecule is C#CCCC1(CCNC(=O)CC2(CC(=O)Nc3nccs3)CCCCC2)N=N1. The number of rotatable bonds is 10. The lowest BCUT2D eigenvalue weighted by Gasteiger charge is -2.36. The highest BCUT2D eigenvalue weighted by Gasteiger charge is 2.39. The highest BCUT2D eigenvalue weighted by atomic mass is 32.1. The predicted octanol–water partition coefficient (Wildman–Crippen LogP) is 3.89. The number of carbonyl (C=O) groups is 2. The number of carbonyl (C=O) groups excluding carboxylic acids is 2. The fourth-order valence-electron chi connectivity index (χ4n) is 3.98. The van der Waals surface area contributed by atoms with Crippen molar-refractivity contribution in [1.29, 1.82) is 0 Å². The van der Waals surface area contributed by atoms with Gasteiger partial charge in [-0.3, -0.25) is 9.59 Å². The normalized spacial score (nSPS) is 18.8. The molecule has 2 aliphatic rings. The summed E-state index contributed by atoms with van der Waals surface area (Å²) in [6.07, 6.45) is 14.9. The van der Waals surface area contributed by atoms with E-state index < -0.39 is 0 Å². The summed E-state index contributed by atoms with van der Waals surface area (Å²) < 4.78 is 0. The van der Waals surface area contributed by atoms with Gasteiger partial charge in [-0.2, -0.15) is 10.2 Å². The summed E-state index contributed by atoms with van der Waals surface area (Å²) in [5.74, 6) is 2.54. The maximum Gasteiger partial charge on any atom is 0.226 e. The zero-order valence-corrected chi connectivity index (χ0v) is 16.9. The van der Waals surface area contributed by atoms with Gasteiger partial charge >= 0.3 is 0 Å². The lowest BCUT2D eigenvalue weighted by Crippen LogP contribution is -2.37. The van der Waals surface area contributed by atoms with E-state index in [1.54, 1.807) is 6.20 Å². The van der Waals surface area contributed by atoms with Crippen molar-refractivity contribution >= 4 is 28.3 Å². The molecular formula is C20H27N5O2S. The Hall–Kier alpha value is -2.27. The summed E-state index contributed by atoms with van der Waals surface area (Å²) in [5, 5.41) is 16.5. The number of hydrogen-bond acceptors (Lipinski definition) is 6. The van der Waals surface area contributed by atoms with Crippen LogP contribution in [0.15, 0.2) is 21.8 Å². The average molecular weight is 402 g/mol. The molecule has 0 aromatic carbocycles. The molecule has 2 N–H and O–H groups in total. The molecular weight excluding hydrogens is 374 g/mol. The van der Waals surface area contributed by atoms with Crippen LogP contribution in [0.2, 0.25) is 0 Å². The monoisotopic (exact) mass is 401 g/mol. The number of thiazole rings is 1. The Kier molecular flexibility index (Phi) is 6.79. The quantitative estimate of drug-likeness (QED) is 0.582. The summed E-state index contributed by atoms with van der Waals surface area (Å²) in [4.78, 5) is 29.2. The second kappa shape index (κ2) is 9.28. The summed E-state index contributed by atoms with van der Waals surface area (Å²) in [5.41, 5.74) is -0.644. The van der Waals surface area contributed by atoms with Crippen LogP contribution in [0.5, 0.6) is 0 Å². The maximum atomic E-state index is 12.6. The number of hydrogen-bond donors (Lipinski definition) is 2. The lowest BCUT2D eigenvalue weighted by atomic mass is 9.69. The van der Waals surface area contributed by atoms with E-state index in [-0.39, 0.29) is 22.9 Å². The molecule has 1 saturated carbocycles. The van der Waals surface area contributed by atoms with Crippen LogP contribution < -0.4 is 10.6 Å². The Bertz CT molecular complexity index is 741. The van der Waals surface area contributed by atoms with Crippen molar-refractivity contribution in [3.8, 4) is 12.3 Å². The van der Waals surface area contributed by atoms with Gasteiger partial charge in [0.15, 0.2) is 10.8 Å². The van der Waals surface area contributed by atoms with Gasteiger partial charge in [0.2, 0.25) is 11.8 Å². The molecule has 1 aliphatic heterocycles. The minimum atomic E-state index is -0.379. The molecule has 150 valence electrons. The third-order valence-electron chi connectivity index (χ3n) is 5.56. The van der Waals surface area contributed by atoms with Crippen LogP contribution in [0.4, 0.5) is 5.13 Å². The Labute approximate surface area is 169 Å². The largest absolute Gasteiger partial charge is 0.356 e. The molecule has 8 heteroatoms. The van der Waals surface area contributed by atoms with E-state index in [1.165, 1.54) is 11.3 Å². The lowest BCUT2D eigenvalue weighted by molar-refractivity contribution is -0.126. The molecule has 7 nitrogen and oxygen atoms in total. The van der Waals surface area contributed by atoms with Gasteiger partial charge < -0.3 is 10.6 Å². The molecule has 1 aliphatic carbocycles. The first-order valence-corrected chi connectivity index (χ1v) is 10.8. The number of amides is 2. The Balaban J connectivity index is 1.48. The van der Waals surface area contributed by atoms with E-state index in [4.69, 9.17) is 6.42 Å². The maximum absolute atomic E-state index is 12.6. The fourth-order valence-corrected chi connectivity index (χ4v) is 4.53. The molecule has 3 rings (SSSR count). The number of anilines is 1. The average Bonchev–Trinajstić information content (AvgIpc) is 3.24. The first-order chi connectivity index (χ1) is 13.5. The zero-order valence-electron chi connectivity index (χ0n) is 16.1. The second-order valence-electron chi connectivity index (χ2n) is 7.79. The van der Waals surface area contributed by atoms with Crippen molar-refractivity contribution in [2.75, 3.05) is 11.9 Å². The molecule has 28 heavy (non-hydrogen) atoms. The van der Waals surface area contributed by atoms with Gasteiger partial charge in [-0.05, 0) is 18.3 Å². The van der Waals surface area contributed by atoms with Gasteiger partial charge in [0.25, 0.3) is 0 Å². The van der Waals surface area contributed by atoms with E-state index in [9.17, 15) is 9.59 Å². The second-order valence-corrected chi connectivity index (χ2v) is 8.68. The fraction of sp³-hybridized carbons (Fsp3) is 0.650. The van der Waals surface area contributed by atoms with Crippen LogP contribution in [0.1, 0.15) is 64.2 Å². The highest BCUT2D eigenvalue weighted by Crippen LogP contribution is 2.42. The van der Waals surface area contributed by atoms with Crippen LogP contribution in [0, 0.1) is 17.8 Å². The molecule has 2 heterocycles. The van der Waals surface area contributed by atoms with E-state index in [1.807, 2.05) is 5.38 Å². The van der Waals surface area contributed by atoms with Gasteiger partial charge in [0.05, 0.1) is 0 Å². The Morgan fingerprint density at radius 2 is 1.89 bits per heavy atom. The molecule has 0 spiro atoms. The van der Waals surface area contributed by atoms with Crippen LogP contribution in [-0.4, -0.2) is 29.0 Å². The standard InChI is InChI=1S/C20H27N5O2S/c1-2-3-9-20(24-25-20)10-11-21-16(26)14-19(7-5-4-6-8-19)15-17(27)23-18-22-12-13-28-18/h1,12-13H,3-11,14-15H2,(H,21,26)(H,22,23,27). The minimum absolute atomic E-state index is 0.00306.